The summed E-state index contributed by atoms with van der Waals surface area (Å²) in [5, 5.41) is 6.47. The quantitative estimate of drug-likeness (QED) is 0.474. The van der Waals surface area contributed by atoms with E-state index in [-0.39, 0.29) is 18.7 Å². The Balaban J connectivity index is 1.19. The molecule has 0 bridgehead atoms. The van der Waals surface area contributed by atoms with E-state index in [1.54, 1.807) is 12.5 Å². The molecule has 6 rings (SSSR count). The summed E-state index contributed by atoms with van der Waals surface area (Å²) in [6.07, 6.45) is 5.58. The van der Waals surface area contributed by atoms with E-state index in [1.165, 1.54) is 0 Å². The van der Waals surface area contributed by atoms with E-state index in [0.717, 1.165) is 49.1 Å². The smallest absolute Gasteiger partial charge is 0.238 e. The van der Waals surface area contributed by atoms with E-state index in [0.29, 0.717) is 44.4 Å². The molecule has 3 aliphatic rings. The number of hydrogen-bond donors (Lipinski definition) is 2. The zero-order chi connectivity index (χ0) is 25.0. The van der Waals surface area contributed by atoms with Crippen molar-refractivity contribution in [1.82, 2.24) is 30.2 Å². The summed E-state index contributed by atoms with van der Waals surface area (Å²) in [5.74, 6) is 3.63. The largest absolute Gasteiger partial charge is 0.454 e. The Kier molecular flexibility index (Phi) is 6.74. The second kappa shape index (κ2) is 10.6. The van der Waals surface area contributed by atoms with E-state index in [1.807, 2.05) is 35.0 Å². The highest BCUT2D eigenvalue weighted by molar-refractivity contribution is 5.77. The standard InChI is InChI=1S/C25H30N8O4/c34-24(28-14-18-1-2-20-21(11-18)37-17-36-20)12-19-15-26-4-6-33(19)23-13-22(31-7-9-35-10-8-31)29-25(30-23)32-5-3-27-16-32/h1-3,5,11,13,16,19,26H,4,6-10,12,14-15,17H2,(H,28,34). The molecule has 12 nitrogen and oxygen atoms in total. The van der Waals surface area contributed by atoms with Crippen LogP contribution >= 0.6 is 0 Å². The number of imidazole rings is 1. The Morgan fingerprint density at radius 3 is 2.81 bits per heavy atom. The van der Waals surface area contributed by atoms with Gasteiger partial charge in [0.2, 0.25) is 18.6 Å². The average Bonchev–Trinajstić information content (AvgIpc) is 3.65. The fourth-order valence-electron chi connectivity index (χ4n) is 4.79. The van der Waals surface area contributed by atoms with Crippen molar-refractivity contribution in [2.75, 3.05) is 62.5 Å². The van der Waals surface area contributed by atoms with E-state index in [4.69, 9.17) is 24.2 Å². The third kappa shape index (κ3) is 5.30. The first-order valence-electron chi connectivity index (χ1n) is 12.6. The van der Waals surface area contributed by atoms with Crippen molar-refractivity contribution >= 4 is 17.5 Å². The lowest BCUT2D eigenvalue weighted by atomic mass is 10.1. The number of morpholine rings is 1. The average molecular weight is 507 g/mol. The van der Waals surface area contributed by atoms with Gasteiger partial charge in [0.15, 0.2) is 11.5 Å². The molecule has 0 aliphatic carbocycles. The predicted molar refractivity (Wildman–Crippen MR) is 135 cm³/mol. The first kappa shape index (κ1) is 23.5. The lowest BCUT2D eigenvalue weighted by Gasteiger charge is -2.37. The van der Waals surface area contributed by atoms with Crippen LogP contribution in [0.15, 0.2) is 43.0 Å². The fourth-order valence-corrected chi connectivity index (χ4v) is 4.79. The van der Waals surface area contributed by atoms with Gasteiger partial charge in [-0.15, -0.1) is 0 Å². The molecule has 5 heterocycles. The lowest BCUT2D eigenvalue weighted by molar-refractivity contribution is -0.121. The Labute approximate surface area is 214 Å². The monoisotopic (exact) mass is 506 g/mol. The first-order valence-corrected chi connectivity index (χ1v) is 12.6. The van der Waals surface area contributed by atoms with Crippen molar-refractivity contribution in [3.63, 3.8) is 0 Å². The van der Waals surface area contributed by atoms with Crippen LogP contribution in [0.1, 0.15) is 12.0 Å². The zero-order valence-electron chi connectivity index (χ0n) is 20.5. The highest BCUT2D eigenvalue weighted by atomic mass is 16.7. The van der Waals surface area contributed by atoms with Gasteiger partial charge in [-0.2, -0.15) is 9.97 Å². The summed E-state index contributed by atoms with van der Waals surface area (Å²) in [4.78, 5) is 31.2. The lowest BCUT2D eigenvalue weighted by Crippen LogP contribution is -2.53. The van der Waals surface area contributed by atoms with Crippen molar-refractivity contribution < 1.29 is 19.0 Å². The molecule has 0 saturated carbocycles. The van der Waals surface area contributed by atoms with Crippen LogP contribution in [0.4, 0.5) is 11.6 Å². The van der Waals surface area contributed by atoms with E-state index in [2.05, 4.69) is 25.4 Å². The van der Waals surface area contributed by atoms with Gasteiger partial charge in [-0.25, -0.2) is 4.98 Å². The SMILES string of the molecule is O=C(CC1CNCCN1c1cc(N2CCOCC2)nc(-n2ccnc2)n1)NCc1ccc2c(c1)OCO2. The molecule has 2 saturated heterocycles. The van der Waals surface area contributed by atoms with Crippen LogP contribution in [0.25, 0.3) is 5.95 Å². The molecular formula is C25H30N8O4. The summed E-state index contributed by atoms with van der Waals surface area (Å²) < 4.78 is 18.1. The third-order valence-corrected chi connectivity index (χ3v) is 6.75. The molecule has 3 aliphatic heterocycles. The zero-order valence-corrected chi connectivity index (χ0v) is 20.5. The number of benzene rings is 1. The van der Waals surface area contributed by atoms with Gasteiger partial charge in [0, 0.05) is 64.1 Å². The van der Waals surface area contributed by atoms with Crippen molar-refractivity contribution in [2.24, 2.45) is 0 Å². The molecule has 1 aromatic carbocycles. The van der Waals surface area contributed by atoms with Crippen LogP contribution in [0.2, 0.25) is 0 Å². The Hall–Kier alpha value is -3.90. The number of hydrogen-bond acceptors (Lipinski definition) is 10. The number of carbonyl (C=O) groups is 1. The molecular weight excluding hydrogens is 476 g/mol. The number of fused-ring (bicyclic) bond motifs is 1. The number of rotatable bonds is 7. The molecule has 2 fully saturated rings. The number of piperazine rings is 1. The van der Waals surface area contributed by atoms with Gasteiger partial charge in [-0.1, -0.05) is 6.07 Å². The number of nitrogens with zero attached hydrogens (tertiary/aromatic N) is 6. The summed E-state index contributed by atoms with van der Waals surface area (Å²) >= 11 is 0. The van der Waals surface area contributed by atoms with Gasteiger partial charge in [-0.05, 0) is 17.7 Å². The normalized spacial score (nSPS) is 19.2. The van der Waals surface area contributed by atoms with Gasteiger partial charge in [0.25, 0.3) is 0 Å². The molecule has 2 N–H and O–H groups in total. The summed E-state index contributed by atoms with van der Waals surface area (Å²) in [6.45, 7) is 5.77. The highest BCUT2D eigenvalue weighted by Gasteiger charge is 2.28. The van der Waals surface area contributed by atoms with Crippen molar-refractivity contribution in [3.05, 3.63) is 48.5 Å². The minimum atomic E-state index is -0.0476. The predicted octanol–water partition coefficient (Wildman–Crippen LogP) is 0.712. The summed E-state index contributed by atoms with van der Waals surface area (Å²) in [6, 6.07) is 7.69. The molecule has 1 atom stereocenters. The minimum Gasteiger partial charge on any atom is -0.454 e. The molecule has 3 aromatic rings. The first-order chi connectivity index (χ1) is 18.2. The van der Waals surface area contributed by atoms with Gasteiger partial charge in [0.05, 0.1) is 19.3 Å². The van der Waals surface area contributed by atoms with E-state index in [9.17, 15) is 4.79 Å². The Morgan fingerprint density at radius 1 is 1.08 bits per heavy atom. The van der Waals surface area contributed by atoms with Crippen LogP contribution in [-0.2, 0) is 16.1 Å². The third-order valence-electron chi connectivity index (χ3n) is 6.75. The number of ether oxygens (including phenoxy) is 3. The molecule has 0 spiro atoms. The fraction of sp³-hybridized carbons (Fsp3) is 0.440. The van der Waals surface area contributed by atoms with Gasteiger partial charge >= 0.3 is 0 Å². The van der Waals surface area contributed by atoms with E-state index < -0.39 is 0 Å². The van der Waals surface area contributed by atoms with Gasteiger partial charge < -0.3 is 34.6 Å². The maximum absolute atomic E-state index is 13.0. The summed E-state index contributed by atoms with van der Waals surface area (Å²) in [7, 11) is 0. The van der Waals surface area contributed by atoms with Gasteiger partial charge in [-0.3, -0.25) is 9.36 Å². The summed E-state index contributed by atoms with van der Waals surface area (Å²) in [5.41, 5.74) is 0.965. The highest BCUT2D eigenvalue weighted by Crippen LogP contribution is 2.32. The minimum absolute atomic E-state index is 0.0198. The van der Waals surface area contributed by atoms with E-state index >= 15 is 0 Å². The number of amides is 1. The molecule has 194 valence electrons. The number of aromatic nitrogens is 4. The molecule has 12 heteroatoms. The maximum atomic E-state index is 13.0. The number of anilines is 2. The molecule has 2 aromatic heterocycles. The van der Waals surface area contributed by atoms with Crippen LogP contribution < -0.4 is 29.9 Å². The van der Waals surface area contributed by atoms with Gasteiger partial charge in [0.1, 0.15) is 18.0 Å². The van der Waals surface area contributed by atoms with Crippen molar-refractivity contribution in [2.45, 2.75) is 19.0 Å². The Morgan fingerprint density at radius 2 is 1.95 bits per heavy atom. The van der Waals surface area contributed by atoms with Crippen LogP contribution in [-0.4, -0.2) is 84.2 Å². The number of carbonyl (C=O) groups excluding carboxylic acids is 1. The molecule has 1 unspecified atom stereocenters. The second-order valence-corrected chi connectivity index (χ2v) is 9.17. The van der Waals surface area contributed by atoms with Crippen molar-refractivity contribution in [3.8, 4) is 17.4 Å². The van der Waals surface area contributed by atoms with Crippen LogP contribution in [0.5, 0.6) is 11.5 Å². The Bertz CT molecular complexity index is 1230. The number of nitrogens with one attached hydrogen (secondary N) is 2. The molecule has 37 heavy (non-hydrogen) atoms. The van der Waals surface area contributed by atoms with Crippen LogP contribution in [0, 0.1) is 0 Å². The van der Waals surface area contributed by atoms with Crippen LogP contribution in [0.3, 0.4) is 0 Å². The molecule has 0 radical (unpaired) electrons. The molecule has 1 amide bonds. The van der Waals surface area contributed by atoms with Crippen molar-refractivity contribution in [1.29, 1.82) is 0 Å². The second-order valence-electron chi connectivity index (χ2n) is 9.17. The topological polar surface area (TPSA) is 119 Å². The maximum Gasteiger partial charge on any atom is 0.238 e.